The van der Waals surface area contributed by atoms with Gasteiger partial charge in [0.1, 0.15) is 17.7 Å². The summed E-state index contributed by atoms with van der Waals surface area (Å²) in [4.78, 5) is 0. The molecule has 0 aliphatic heterocycles. The van der Waals surface area contributed by atoms with Crippen molar-refractivity contribution in [1.29, 1.82) is 10.5 Å². The number of anilines is 1. The average Bonchev–Trinajstić information content (AvgIpc) is 2.33. The van der Waals surface area contributed by atoms with E-state index >= 15 is 0 Å². The minimum atomic E-state index is -0.740. The molecule has 0 unspecified atom stereocenters. The number of nitrogens with zero attached hydrogens (tertiary/aromatic N) is 2. The first-order valence-electron chi connectivity index (χ1n) is 4.11. The SMILES string of the molecule is N#CC(C#N)=CNc1cc(Cl)c(F)c(Cl)c1Br. The van der Waals surface area contributed by atoms with Gasteiger partial charge in [-0.25, -0.2) is 4.39 Å². The van der Waals surface area contributed by atoms with Crippen LogP contribution in [-0.4, -0.2) is 0 Å². The second kappa shape index (κ2) is 5.88. The Kier molecular flexibility index (Phi) is 4.77. The van der Waals surface area contributed by atoms with E-state index in [2.05, 4.69) is 21.2 Å². The van der Waals surface area contributed by atoms with Crippen molar-refractivity contribution in [1.82, 2.24) is 0 Å². The Bertz CT molecular complexity index is 556. The molecule has 17 heavy (non-hydrogen) atoms. The summed E-state index contributed by atoms with van der Waals surface area (Å²) in [6.07, 6.45) is 1.17. The highest BCUT2D eigenvalue weighted by molar-refractivity contribution is 9.10. The molecule has 1 aromatic carbocycles. The summed E-state index contributed by atoms with van der Waals surface area (Å²) >= 11 is 14.3. The Labute approximate surface area is 115 Å². The molecule has 0 heterocycles. The second-order valence-corrected chi connectivity index (χ2v) is 4.35. The van der Waals surface area contributed by atoms with Crippen molar-refractivity contribution in [2.24, 2.45) is 0 Å². The molecule has 0 radical (unpaired) electrons. The van der Waals surface area contributed by atoms with E-state index in [0.29, 0.717) is 5.69 Å². The normalized spacial score (nSPS) is 9.06. The fourth-order valence-corrected chi connectivity index (χ4v) is 1.78. The van der Waals surface area contributed by atoms with Gasteiger partial charge in [-0.1, -0.05) is 23.2 Å². The molecule has 86 valence electrons. The molecule has 0 spiro atoms. The molecular formula is C10H3BrCl2FN3. The van der Waals surface area contributed by atoms with Gasteiger partial charge in [0.25, 0.3) is 0 Å². The molecule has 0 saturated heterocycles. The number of nitrogens with one attached hydrogen (secondary N) is 1. The Morgan fingerprint density at radius 1 is 1.41 bits per heavy atom. The standard InChI is InChI=1S/C10H3BrCl2FN3/c11-8-7(17-4-5(2-15)3-16)1-6(12)10(14)9(8)13/h1,4,17H. The van der Waals surface area contributed by atoms with Crippen LogP contribution in [0.4, 0.5) is 10.1 Å². The van der Waals surface area contributed by atoms with Crippen LogP contribution in [0.15, 0.2) is 22.3 Å². The third kappa shape index (κ3) is 3.10. The average molecular weight is 335 g/mol. The third-order valence-electron chi connectivity index (χ3n) is 1.72. The second-order valence-electron chi connectivity index (χ2n) is 2.77. The Morgan fingerprint density at radius 3 is 2.53 bits per heavy atom. The Hall–Kier alpha value is -1.27. The molecule has 0 atom stereocenters. The van der Waals surface area contributed by atoms with E-state index in [1.54, 1.807) is 12.1 Å². The first kappa shape index (κ1) is 13.8. The Balaban J connectivity index is 3.15. The number of benzene rings is 1. The lowest BCUT2D eigenvalue weighted by Gasteiger charge is -2.08. The minimum absolute atomic E-state index is 0.131. The van der Waals surface area contributed by atoms with E-state index in [0.717, 1.165) is 0 Å². The summed E-state index contributed by atoms with van der Waals surface area (Å²) in [6.45, 7) is 0. The lowest BCUT2D eigenvalue weighted by atomic mass is 10.3. The largest absolute Gasteiger partial charge is 0.359 e. The number of nitriles is 2. The summed E-state index contributed by atoms with van der Waals surface area (Å²) < 4.78 is 13.5. The zero-order valence-corrected chi connectivity index (χ0v) is 11.2. The van der Waals surface area contributed by atoms with Crippen LogP contribution in [-0.2, 0) is 0 Å². The van der Waals surface area contributed by atoms with Crippen LogP contribution in [0, 0.1) is 28.5 Å². The van der Waals surface area contributed by atoms with E-state index in [1.807, 2.05) is 0 Å². The highest BCUT2D eigenvalue weighted by Gasteiger charge is 2.13. The molecular weight excluding hydrogens is 332 g/mol. The van der Waals surface area contributed by atoms with Gasteiger partial charge in [-0.3, -0.25) is 0 Å². The lowest BCUT2D eigenvalue weighted by Crippen LogP contribution is -1.94. The summed E-state index contributed by atoms with van der Waals surface area (Å²) in [5.41, 5.74) is 0.220. The maximum Gasteiger partial charge on any atom is 0.161 e. The molecule has 0 bridgehead atoms. The zero-order valence-electron chi connectivity index (χ0n) is 8.06. The molecule has 1 rings (SSSR count). The Morgan fingerprint density at radius 2 is 2.00 bits per heavy atom. The van der Waals surface area contributed by atoms with Crippen LogP contribution >= 0.6 is 39.1 Å². The fraction of sp³-hybridized carbons (Fsp3) is 0. The van der Waals surface area contributed by atoms with Crippen LogP contribution in [0.5, 0.6) is 0 Å². The molecule has 0 aliphatic carbocycles. The van der Waals surface area contributed by atoms with Crippen LogP contribution in [0.25, 0.3) is 0 Å². The van der Waals surface area contributed by atoms with Crippen molar-refractivity contribution < 1.29 is 4.39 Å². The highest BCUT2D eigenvalue weighted by atomic mass is 79.9. The van der Waals surface area contributed by atoms with Crippen molar-refractivity contribution >= 4 is 44.8 Å². The van der Waals surface area contributed by atoms with E-state index in [1.165, 1.54) is 12.3 Å². The monoisotopic (exact) mass is 333 g/mol. The van der Waals surface area contributed by atoms with Gasteiger partial charge in [-0.2, -0.15) is 10.5 Å². The molecule has 0 saturated carbocycles. The predicted molar refractivity (Wildman–Crippen MR) is 67.1 cm³/mol. The third-order valence-corrected chi connectivity index (χ3v) is 3.40. The smallest absolute Gasteiger partial charge is 0.161 e. The van der Waals surface area contributed by atoms with Crippen molar-refractivity contribution in [3.8, 4) is 12.1 Å². The van der Waals surface area contributed by atoms with E-state index < -0.39 is 5.82 Å². The van der Waals surface area contributed by atoms with Gasteiger partial charge in [0.05, 0.1) is 20.2 Å². The number of allylic oxidation sites excluding steroid dienone is 1. The molecule has 0 aliphatic rings. The van der Waals surface area contributed by atoms with Gasteiger partial charge in [0.15, 0.2) is 5.82 Å². The molecule has 1 aromatic rings. The summed E-state index contributed by atoms with van der Waals surface area (Å²) in [6, 6.07) is 4.62. The van der Waals surface area contributed by atoms with Crippen molar-refractivity contribution in [3.05, 3.63) is 38.2 Å². The van der Waals surface area contributed by atoms with E-state index in [-0.39, 0.29) is 20.1 Å². The van der Waals surface area contributed by atoms with Gasteiger partial charge in [0, 0.05) is 6.20 Å². The molecule has 0 aromatic heterocycles. The zero-order chi connectivity index (χ0) is 13.0. The van der Waals surface area contributed by atoms with Crippen molar-refractivity contribution in [3.63, 3.8) is 0 Å². The number of rotatable bonds is 2. The van der Waals surface area contributed by atoms with Crippen LogP contribution in [0.1, 0.15) is 0 Å². The highest BCUT2D eigenvalue weighted by Crippen LogP contribution is 2.36. The number of hydrogen-bond donors (Lipinski definition) is 1. The number of hydrogen-bond acceptors (Lipinski definition) is 3. The van der Waals surface area contributed by atoms with Gasteiger partial charge >= 0.3 is 0 Å². The van der Waals surface area contributed by atoms with Gasteiger partial charge in [-0.15, -0.1) is 0 Å². The van der Waals surface area contributed by atoms with Crippen molar-refractivity contribution in [2.75, 3.05) is 5.32 Å². The molecule has 0 amide bonds. The molecule has 3 nitrogen and oxygen atoms in total. The predicted octanol–water partition coefficient (Wildman–Crippen LogP) is 4.24. The maximum absolute atomic E-state index is 13.3. The summed E-state index contributed by atoms with van der Waals surface area (Å²) in [5, 5.41) is 19.3. The summed E-state index contributed by atoms with van der Waals surface area (Å²) in [7, 11) is 0. The van der Waals surface area contributed by atoms with Crippen LogP contribution in [0.2, 0.25) is 10.0 Å². The van der Waals surface area contributed by atoms with Crippen LogP contribution in [0.3, 0.4) is 0 Å². The van der Waals surface area contributed by atoms with Gasteiger partial charge in [-0.05, 0) is 22.0 Å². The molecule has 7 heteroatoms. The fourth-order valence-electron chi connectivity index (χ4n) is 0.917. The van der Waals surface area contributed by atoms with Gasteiger partial charge < -0.3 is 5.32 Å². The lowest BCUT2D eigenvalue weighted by molar-refractivity contribution is 0.628. The first-order valence-corrected chi connectivity index (χ1v) is 5.66. The molecule has 0 fully saturated rings. The quantitative estimate of drug-likeness (QED) is 0.500. The van der Waals surface area contributed by atoms with E-state index in [9.17, 15) is 4.39 Å². The van der Waals surface area contributed by atoms with Crippen LogP contribution < -0.4 is 5.32 Å². The first-order chi connectivity index (χ1) is 8.01. The maximum atomic E-state index is 13.3. The number of halogens is 4. The topological polar surface area (TPSA) is 59.6 Å². The molecule has 1 N–H and O–H groups in total. The van der Waals surface area contributed by atoms with Crippen molar-refractivity contribution in [2.45, 2.75) is 0 Å². The van der Waals surface area contributed by atoms with Gasteiger partial charge in [0.2, 0.25) is 0 Å². The summed E-state index contributed by atoms with van der Waals surface area (Å²) in [5.74, 6) is -0.740. The minimum Gasteiger partial charge on any atom is -0.359 e. The van der Waals surface area contributed by atoms with E-state index in [4.69, 9.17) is 33.7 Å².